The van der Waals surface area contributed by atoms with Gasteiger partial charge in [0.1, 0.15) is 0 Å². The van der Waals surface area contributed by atoms with E-state index in [9.17, 15) is 4.79 Å². The zero-order chi connectivity index (χ0) is 11.1. The molecule has 2 fully saturated rings. The fourth-order valence-electron chi connectivity index (χ4n) is 2.04. The molecule has 2 aliphatic rings. The number of nitrogens with one attached hydrogen (secondary N) is 1. The molecule has 4 nitrogen and oxygen atoms in total. The molecule has 15 heavy (non-hydrogen) atoms. The Kier molecular flexibility index (Phi) is 2.63. The van der Waals surface area contributed by atoms with Crippen molar-refractivity contribution in [3.63, 3.8) is 0 Å². The lowest BCUT2D eigenvalue weighted by Gasteiger charge is -2.42. The van der Waals surface area contributed by atoms with Crippen molar-refractivity contribution in [3.8, 4) is 0 Å². The highest BCUT2D eigenvalue weighted by molar-refractivity contribution is 5.75. The standard InChI is InChI=1S/C11H21N3O/c1-11(2)7-14(6-5-9(11)12)10(15)13-8-3-4-8/h8-9H,3-7,12H2,1-2H3,(H,13,15). The summed E-state index contributed by atoms with van der Waals surface area (Å²) in [5, 5.41) is 3.02. The van der Waals surface area contributed by atoms with Crippen molar-refractivity contribution < 1.29 is 4.79 Å². The van der Waals surface area contributed by atoms with Crippen LogP contribution in [0.3, 0.4) is 0 Å². The average molecular weight is 211 g/mol. The van der Waals surface area contributed by atoms with Crippen molar-refractivity contribution in [1.82, 2.24) is 10.2 Å². The maximum absolute atomic E-state index is 11.8. The quantitative estimate of drug-likeness (QED) is 0.677. The summed E-state index contributed by atoms with van der Waals surface area (Å²) in [5.41, 5.74) is 6.07. The van der Waals surface area contributed by atoms with Crippen LogP contribution in [0, 0.1) is 5.41 Å². The van der Waals surface area contributed by atoms with Crippen LogP contribution < -0.4 is 11.1 Å². The molecule has 1 aliphatic heterocycles. The van der Waals surface area contributed by atoms with E-state index in [2.05, 4.69) is 19.2 Å². The normalized spacial score (nSPS) is 30.1. The Bertz CT molecular complexity index is 261. The molecular formula is C11H21N3O. The lowest BCUT2D eigenvalue weighted by atomic mass is 9.80. The summed E-state index contributed by atoms with van der Waals surface area (Å²) in [6, 6.07) is 0.746. The first-order chi connectivity index (χ1) is 6.99. The number of piperidine rings is 1. The predicted octanol–water partition coefficient (Wildman–Crippen LogP) is 0.918. The van der Waals surface area contributed by atoms with Gasteiger partial charge in [0.25, 0.3) is 0 Å². The number of hydrogen-bond acceptors (Lipinski definition) is 2. The van der Waals surface area contributed by atoms with E-state index < -0.39 is 0 Å². The lowest BCUT2D eigenvalue weighted by Crippen LogP contribution is -2.56. The first-order valence-corrected chi connectivity index (χ1v) is 5.80. The Morgan fingerprint density at radius 2 is 2.07 bits per heavy atom. The van der Waals surface area contributed by atoms with Crippen LogP contribution >= 0.6 is 0 Å². The van der Waals surface area contributed by atoms with E-state index >= 15 is 0 Å². The van der Waals surface area contributed by atoms with Crippen molar-refractivity contribution in [2.75, 3.05) is 13.1 Å². The van der Waals surface area contributed by atoms with E-state index in [4.69, 9.17) is 5.73 Å². The van der Waals surface area contributed by atoms with E-state index in [-0.39, 0.29) is 17.5 Å². The van der Waals surface area contributed by atoms with Crippen molar-refractivity contribution in [2.45, 2.75) is 45.2 Å². The second kappa shape index (κ2) is 3.67. The van der Waals surface area contributed by atoms with Crippen molar-refractivity contribution >= 4 is 6.03 Å². The fraction of sp³-hybridized carbons (Fsp3) is 0.909. The van der Waals surface area contributed by atoms with Crippen LogP contribution in [0.15, 0.2) is 0 Å². The lowest BCUT2D eigenvalue weighted by molar-refractivity contribution is 0.111. The van der Waals surface area contributed by atoms with Crippen LogP contribution in [0.5, 0.6) is 0 Å². The zero-order valence-electron chi connectivity index (χ0n) is 9.62. The molecule has 0 aromatic rings. The first-order valence-electron chi connectivity index (χ1n) is 5.80. The molecule has 0 bridgehead atoms. The monoisotopic (exact) mass is 211 g/mol. The van der Waals surface area contributed by atoms with Crippen molar-refractivity contribution in [3.05, 3.63) is 0 Å². The molecule has 3 N–H and O–H groups in total. The molecule has 1 saturated heterocycles. The van der Waals surface area contributed by atoms with Crippen LogP contribution in [-0.2, 0) is 0 Å². The summed E-state index contributed by atoms with van der Waals surface area (Å²) in [6.07, 6.45) is 3.19. The number of urea groups is 1. The summed E-state index contributed by atoms with van der Waals surface area (Å²) >= 11 is 0. The van der Waals surface area contributed by atoms with Gasteiger partial charge >= 0.3 is 6.03 Å². The summed E-state index contributed by atoms with van der Waals surface area (Å²) in [4.78, 5) is 13.7. The molecule has 1 unspecified atom stereocenters. The molecule has 1 saturated carbocycles. The van der Waals surface area contributed by atoms with E-state index in [1.54, 1.807) is 0 Å². The average Bonchev–Trinajstić information content (AvgIpc) is 2.93. The topological polar surface area (TPSA) is 58.4 Å². The Morgan fingerprint density at radius 3 is 2.60 bits per heavy atom. The minimum absolute atomic E-state index is 0.0408. The van der Waals surface area contributed by atoms with Gasteiger partial charge in [-0.15, -0.1) is 0 Å². The van der Waals surface area contributed by atoms with E-state index in [0.717, 1.165) is 32.4 Å². The van der Waals surface area contributed by atoms with Gasteiger partial charge in [0, 0.05) is 25.2 Å². The smallest absolute Gasteiger partial charge is 0.317 e. The third-order valence-electron chi connectivity index (χ3n) is 3.50. The molecule has 2 rings (SSSR count). The van der Waals surface area contributed by atoms with Gasteiger partial charge in [-0.2, -0.15) is 0 Å². The van der Waals surface area contributed by atoms with Crippen LogP contribution in [0.4, 0.5) is 4.79 Å². The molecule has 0 aromatic heterocycles. The molecule has 4 heteroatoms. The largest absolute Gasteiger partial charge is 0.335 e. The second-order valence-electron chi connectivity index (χ2n) is 5.53. The number of nitrogens with two attached hydrogens (primary N) is 1. The van der Waals surface area contributed by atoms with Gasteiger partial charge in [0.2, 0.25) is 0 Å². The molecule has 1 atom stereocenters. The summed E-state index contributed by atoms with van der Waals surface area (Å²) < 4.78 is 0. The minimum Gasteiger partial charge on any atom is -0.335 e. The number of hydrogen-bond donors (Lipinski definition) is 2. The molecule has 1 heterocycles. The third kappa shape index (κ3) is 2.43. The maximum atomic E-state index is 11.8. The van der Waals surface area contributed by atoms with Gasteiger partial charge < -0.3 is 16.0 Å². The maximum Gasteiger partial charge on any atom is 0.317 e. The molecule has 0 aromatic carbocycles. The SMILES string of the molecule is CC1(C)CN(C(=O)NC2CC2)CCC1N. The van der Waals surface area contributed by atoms with Gasteiger partial charge in [0.05, 0.1) is 0 Å². The zero-order valence-corrected chi connectivity index (χ0v) is 9.62. The summed E-state index contributed by atoms with van der Waals surface area (Å²) in [7, 11) is 0. The fourth-order valence-corrected chi connectivity index (χ4v) is 2.04. The number of nitrogens with zero attached hydrogens (tertiary/aromatic N) is 1. The highest BCUT2D eigenvalue weighted by Crippen LogP contribution is 2.28. The second-order valence-corrected chi connectivity index (χ2v) is 5.53. The number of carbonyl (C=O) groups excluding carboxylic acids is 1. The van der Waals surface area contributed by atoms with Crippen LogP contribution in [0.2, 0.25) is 0 Å². The number of rotatable bonds is 1. The third-order valence-corrected chi connectivity index (χ3v) is 3.50. The Hall–Kier alpha value is -0.770. The number of likely N-dealkylation sites (tertiary alicyclic amines) is 1. The molecule has 1 aliphatic carbocycles. The van der Waals surface area contributed by atoms with Gasteiger partial charge in [0.15, 0.2) is 0 Å². The highest BCUT2D eigenvalue weighted by Gasteiger charge is 2.36. The predicted molar refractivity (Wildman–Crippen MR) is 59.5 cm³/mol. The Morgan fingerprint density at radius 1 is 1.40 bits per heavy atom. The van der Waals surface area contributed by atoms with E-state index in [1.165, 1.54) is 0 Å². The number of carbonyl (C=O) groups is 1. The van der Waals surface area contributed by atoms with Gasteiger partial charge in [-0.05, 0) is 24.7 Å². The Balaban J connectivity index is 1.90. The molecular weight excluding hydrogens is 190 g/mol. The van der Waals surface area contributed by atoms with E-state index in [1.807, 2.05) is 4.90 Å². The first kappa shape index (κ1) is 10.7. The Labute approximate surface area is 91.2 Å². The molecule has 0 spiro atoms. The van der Waals surface area contributed by atoms with Crippen LogP contribution in [0.1, 0.15) is 33.1 Å². The van der Waals surface area contributed by atoms with E-state index in [0.29, 0.717) is 6.04 Å². The minimum atomic E-state index is 0.0408. The number of amides is 2. The van der Waals surface area contributed by atoms with Gasteiger partial charge in [-0.25, -0.2) is 4.79 Å². The summed E-state index contributed by atoms with van der Waals surface area (Å²) in [5.74, 6) is 0. The van der Waals surface area contributed by atoms with Crippen molar-refractivity contribution in [2.24, 2.45) is 11.1 Å². The molecule has 2 amide bonds. The van der Waals surface area contributed by atoms with Crippen LogP contribution in [-0.4, -0.2) is 36.1 Å². The van der Waals surface area contributed by atoms with Gasteiger partial charge in [-0.1, -0.05) is 13.8 Å². The van der Waals surface area contributed by atoms with Crippen LogP contribution in [0.25, 0.3) is 0 Å². The van der Waals surface area contributed by atoms with Crippen molar-refractivity contribution in [1.29, 1.82) is 0 Å². The summed E-state index contributed by atoms with van der Waals surface area (Å²) in [6.45, 7) is 5.83. The van der Waals surface area contributed by atoms with Gasteiger partial charge in [-0.3, -0.25) is 0 Å². The molecule has 86 valence electrons. The molecule has 0 radical (unpaired) electrons. The highest BCUT2D eigenvalue weighted by atomic mass is 16.2.